The lowest BCUT2D eigenvalue weighted by Gasteiger charge is -2.10. The van der Waals surface area contributed by atoms with Crippen LogP contribution in [0.15, 0.2) is 36.2 Å². The number of nitrogens with two attached hydrogens (primary N) is 1. The smallest absolute Gasteiger partial charge is 0.165 e. The fourth-order valence-corrected chi connectivity index (χ4v) is 3.36. The normalized spacial score (nSPS) is 10.9. The number of fused-ring (bicyclic) bond motifs is 1. The number of anilines is 1. The maximum Gasteiger partial charge on any atom is 0.165 e. The van der Waals surface area contributed by atoms with E-state index in [1.165, 1.54) is 15.5 Å². The summed E-state index contributed by atoms with van der Waals surface area (Å²) in [5.74, 6) is 2.19. The van der Waals surface area contributed by atoms with Crippen LogP contribution in [0.5, 0.6) is 5.75 Å². The van der Waals surface area contributed by atoms with Crippen LogP contribution in [-0.4, -0.2) is 26.6 Å². The number of nitrogen functional groups attached to an aromatic ring is 1. The standard InChI is InChI=1S/C19H22IN5O/c1-12(2)5-4-8-25-16(24-17-18(21)22-11-23-19(17)25)10-13-9-14(26-3)6-7-15(13)20/h5-7,9,11H,4,8,10H2,1-3H3,(H2,21,22,23). The molecule has 0 spiro atoms. The van der Waals surface area contributed by atoms with Crippen LogP contribution in [0.25, 0.3) is 11.2 Å². The summed E-state index contributed by atoms with van der Waals surface area (Å²) < 4.78 is 8.68. The second-order valence-corrected chi connectivity index (χ2v) is 7.48. The van der Waals surface area contributed by atoms with Gasteiger partial charge in [-0.25, -0.2) is 15.0 Å². The molecule has 0 amide bonds. The fourth-order valence-electron chi connectivity index (χ4n) is 2.84. The molecule has 136 valence electrons. The molecule has 0 saturated heterocycles. The molecule has 2 N–H and O–H groups in total. The number of hydrogen-bond donors (Lipinski definition) is 1. The molecule has 0 unspecified atom stereocenters. The van der Waals surface area contributed by atoms with Crippen molar-refractivity contribution in [3.8, 4) is 5.75 Å². The molecule has 0 bridgehead atoms. The number of allylic oxidation sites excluding steroid dienone is 2. The van der Waals surface area contributed by atoms with Gasteiger partial charge in [0.25, 0.3) is 0 Å². The van der Waals surface area contributed by atoms with Crippen molar-refractivity contribution in [2.45, 2.75) is 33.2 Å². The molecule has 0 aliphatic heterocycles. The molecule has 0 aliphatic rings. The molecule has 26 heavy (non-hydrogen) atoms. The summed E-state index contributed by atoms with van der Waals surface area (Å²) in [5.41, 5.74) is 9.93. The van der Waals surface area contributed by atoms with Gasteiger partial charge in [0.1, 0.15) is 17.9 Å². The van der Waals surface area contributed by atoms with Gasteiger partial charge in [-0.15, -0.1) is 0 Å². The zero-order valence-electron chi connectivity index (χ0n) is 15.2. The summed E-state index contributed by atoms with van der Waals surface area (Å²) >= 11 is 2.34. The Morgan fingerprint density at radius 3 is 2.85 bits per heavy atom. The fraction of sp³-hybridized carbons (Fsp3) is 0.316. The summed E-state index contributed by atoms with van der Waals surface area (Å²) in [6, 6.07) is 6.07. The molecule has 7 heteroatoms. The highest BCUT2D eigenvalue weighted by atomic mass is 127. The van der Waals surface area contributed by atoms with Gasteiger partial charge in [0.05, 0.1) is 7.11 Å². The number of aryl methyl sites for hydroxylation is 1. The molecule has 6 nitrogen and oxygen atoms in total. The third-order valence-electron chi connectivity index (χ3n) is 4.15. The van der Waals surface area contributed by atoms with Crippen molar-refractivity contribution in [2.24, 2.45) is 0 Å². The molecule has 3 rings (SSSR count). The van der Waals surface area contributed by atoms with Gasteiger partial charge in [-0.05, 0) is 66.6 Å². The Morgan fingerprint density at radius 2 is 2.12 bits per heavy atom. The van der Waals surface area contributed by atoms with Crippen molar-refractivity contribution in [3.05, 3.63) is 51.1 Å². The number of methoxy groups -OCH3 is 1. The van der Waals surface area contributed by atoms with E-state index in [0.29, 0.717) is 17.8 Å². The highest BCUT2D eigenvalue weighted by molar-refractivity contribution is 14.1. The second kappa shape index (κ2) is 8.03. The maximum atomic E-state index is 6.02. The number of halogens is 1. The van der Waals surface area contributed by atoms with Crippen molar-refractivity contribution in [1.29, 1.82) is 0 Å². The zero-order valence-corrected chi connectivity index (χ0v) is 17.3. The molecule has 3 aromatic rings. The summed E-state index contributed by atoms with van der Waals surface area (Å²) in [5, 5.41) is 0. The monoisotopic (exact) mass is 463 g/mol. The van der Waals surface area contributed by atoms with E-state index in [1.54, 1.807) is 7.11 Å². The summed E-state index contributed by atoms with van der Waals surface area (Å²) in [7, 11) is 1.68. The highest BCUT2D eigenvalue weighted by Gasteiger charge is 2.16. The molecule has 0 saturated carbocycles. The highest BCUT2D eigenvalue weighted by Crippen LogP contribution is 2.25. The van der Waals surface area contributed by atoms with Crippen molar-refractivity contribution in [1.82, 2.24) is 19.5 Å². The van der Waals surface area contributed by atoms with Crippen LogP contribution in [-0.2, 0) is 13.0 Å². The third kappa shape index (κ3) is 3.98. The number of aromatic nitrogens is 4. The van der Waals surface area contributed by atoms with E-state index < -0.39 is 0 Å². The number of nitrogens with zero attached hydrogens (tertiary/aromatic N) is 4. The number of rotatable bonds is 6. The first-order valence-corrected chi connectivity index (χ1v) is 9.49. The van der Waals surface area contributed by atoms with Crippen LogP contribution < -0.4 is 10.5 Å². The van der Waals surface area contributed by atoms with Gasteiger partial charge in [0.15, 0.2) is 17.0 Å². The molecule has 0 radical (unpaired) electrons. The summed E-state index contributed by atoms with van der Waals surface area (Å²) in [4.78, 5) is 13.2. The van der Waals surface area contributed by atoms with Crippen LogP contribution >= 0.6 is 22.6 Å². The third-order valence-corrected chi connectivity index (χ3v) is 5.20. The summed E-state index contributed by atoms with van der Waals surface area (Å²) in [6.07, 6.45) is 5.31. The van der Waals surface area contributed by atoms with E-state index >= 15 is 0 Å². The van der Waals surface area contributed by atoms with Crippen molar-refractivity contribution < 1.29 is 4.74 Å². The van der Waals surface area contributed by atoms with Crippen LogP contribution in [0, 0.1) is 3.57 Å². The first-order valence-electron chi connectivity index (χ1n) is 8.41. The Labute approximate surface area is 166 Å². The lowest BCUT2D eigenvalue weighted by atomic mass is 10.1. The average Bonchev–Trinajstić information content (AvgIpc) is 2.96. The Hall–Kier alpha value is -2.16. The van der Waals surface area contributed by atoms with Crippen molar-refractivity contribution in [2.75, 3.05) is 12.8 Å². The van der Waals surface area contributed by atoms with Gasteiger partial charge in [0.2, 0.25) is 0 Å². The van der Waals surface area contributed by atoms with E-state index in [4.69, 9.17) is 15.5 Å². The molecule has 1 aromatic carbocycles. The van der Waals surface area contributed by atoms with Crippen LogP contribution in [0.4, 0.5) is 5.82 Å². The van der Waals surface area contributed by atoms with E-state index in [9.17, 15) is 0 Å². The minimum absolute atomic E-state index is 0.414. The van der Waals surface area contributed by atoms with E-state index in [0.717, 1.165) is 35.8 Å². The van der Waals surface area contributed by atoms with Crippen molar-refractivity contribution >= 4 is 39.6 Å². The van der Waals surface area contributed by atoms with Crippen molar-refractivity contribution in [3.63, 3.8) is 0 Å². The van der Waals surface area contributed by atoms with Gasteiger partial charge < -0.3 is 15.0 Å². The Morgan fingerprint density at radius 1 is 1.31 bits per heavy atom. The van der Waals surface area contributed by atoms with E-state index in [-0.39, 0.29) is 0 Å². The van der Waals surface area contributed by atoms with E-state index in [2.05, 4.69) is 69.2 Å². The first-order chi connectivity index (χ1) is 12.5. The molecular formula is C19H22IN5O. The van der Waals surface area contributed by atoms with Gasteiger partial charge in [-0.1, -0.05) is 11.6 Å². The zero-order chi connectivity index (χ0) is 18.7. The number of hydrogen-bond acceptors (Lipinski definition) is 5. The average molecular weight is 463 g/mol. The number of ether oxygens (including phenoxy) is 1. The second-order valence-electron chi connectivity index (χ2n) is 6.32. The van der Waals surface area contributed by atoms with E-state index in [1.807, 2.05) is 6.07 Å². The molecule has 0 fully saturated rings. The quantitative estimate of drug-likeness (QED) is 0.442. The Bertz CT molecular complexity index is 960. The topological polar surface area (TPSA) is 78.8 Å². The molecule has 0 atom stereocenters. The predicted octanol–water partition coefficient (Wildman–Crippen LogP) is 3.97. The van der Waals surface area contributed by atoms with Gasteiger partial charge in [0, 0.05) is 16.5 Å². The molecular weight excluding hydrogens is 441 g/mol. The number of imidazole rings is 1. The molecule has 2 aromatic heterocycles. The van der Waals surface area contributed by atoms with Crippen LogP contribution in [0.3, 0.4) is 0 Å². The first kappa shape index (κ1) is 18.6. The lowest BCUT2D eigenvalue weighted by Crippen LogP contribution is -2.06. The summed E-state index contributed by atoms with van der Waals surface area (Å²) in [6.45, 7) is 5.01. The predicted molar refractivity (Wildman–Crippen MR) is 112 cm³/mol. The molecule has 2 heterocycles. The lowest BCUT2D eigenvalue weighted by molar-refractivity contribution is 0.414. The maximum absolute atomic E-state index is 6.02. The van der Waals surface area contributed by atoms with Gasteiger partial charge in [-0.3, -0.25) is 0 Å². The SMILES string of the molecule is COc1ccc(I)c(Cc2nc3c(N)ncnc3n2CCC=C(C)C)c1. The largest absolute Gasteiger partial charge is 0.497 e. The Balaban J connectivity index is 2.04. The number of benzene rings is 1. The van der Waals surface area contributed by atoms with Gasteiger partial charge in [-0.2, -0.15) is 0 Å². The van der Waals surface area contributed by atoms with Gasteiger partial charge >= 0.3 is 0 Å². The molecule has 0 aliphatic carbocycles. The van der Waals surface area contributed by atoms with Crippen LogP contribution in [0.2, 0.25) is 0 Å². The minimum atomic E-state index is 0.414. The Kier molecular flexibility index (Phi) is 5.75. The van der Waals surface area contributed by atoms with Crippen LogP contribution in [0.1, 0.15) is 31.7 Å². The minimum Gasteiger partial charge on any atom is -0.497 e.